The average Bonchev–Trinajstić information content (AvgIpc) is 3.55. The Balaban J connectivity index is 1.18. The van der Waals surface area contributed by atoms with E-state index in [1.165, 1.54) is 11.6 Å². The Morgan fingerprint density at radius 2 is 1.68 bits per heavy atom. The van der Waals surface area contributed by atoms with Crippen LogP contribution in [0.25, 0.3) is 10.8 Å². The maximum Gasteiger partial charge on any atom is 0.254 e. The molecule has 170 valence electrons. The smallest absolute Gasteiger partial charge is 0.254 e. The topological polar surface area (TPSA) is 68.2 Å². The number of allylic oxidation sites excluding steroid dienone is 2. The molecule has 3 aliphatic rings. The number of hydrogen-bond donors (Lipinski definition) is 0. The summed E-state index contributed by atoms with van der Waals surface area (Å²) in [4.78, 5) is 25.6. The highest BCUT2D eigenvalue weighted by atomic mass is 16.5. The van der Waals surface area contributed by atoms with E-state index in [9.17, 15) is 9.59 Å². The molecule has 1 saturated carbocycles. The lowest BCUT2D eigenvalue weighted by Gasteiger charge is -2.13. The van der Waals surface area contributed by atoms with Crippen molar-refractivity contribution >= 4 is 28.8 Å². The second kappa shape index (κ2) is 8.13. The van der Waals surface area contributed by atoms with Crippen LogP contribution in [0.5, 0.6) is 11.5 Å². The molecule has 6 rings (SSSR count). The highest BCUT2D eigenvalue weighted by molar-refractivity contribution is 6.06. The van der Waals surface area contributed by atoms with Gasteiger partial charge in [-0.1, -0.05) is 54.6 Å². The molecule has 0 radical (unpaired) electrons. The number of hydrogen-bond acceptors (Lipinski definition) is 5. The van der Waals surface area contributed by atoms with Crippen molar-refractivity contribution in [1.29, 1.82) is 0 Å². The predicted molar refractivity (Wildman–Crippen MR) is 128 cm³/mol. The third-order valence-corrected chi connectivity index (χ3v) is 7.22. The molecular weight excluding hydrogens is 428 g/mol. The van der Waals surface area contributed by atoms with Crippen molar-refractivity contribution < 1.29 is 19.1 Å². The Labute approximate surface area is 197 Å². The summed E-state index contributed by atoms with van der Waals surface area (Å²) in [5.41, 5.74) is 1.80. The summed E-state index contributed by atoms with van der Waals surface area (Å²) in [6.45, 7) is 0.404. The van der Waals surface area contributed by atoms with E-state index in [1.54, 1.807) is 13.2 Å². The lowest BCUT2D eigenvalue weighted by molar-refractivity contribution is -0.140. The number of carbonyl (C=O) groups excluding carboxylic acids is 2. The number of benzene rings is 3. The van der Waals surface area contributed by atoms with Gasteiger partial charge in [-0.25, -0.2) is 0 Å². The Kier molecular flexibility index (Phi) is 4.94. The fraction of sp³-hybridized carbons (Fsp3) is 0.250. The molecule has 1 heterocycles. The van der Waals surface area contributed by atoms with E-state index in [4.69, 9.17) is 9.47 Å². The highest BCUT2D eigenvalue weighted by Gasteiger charge is 2.59. The van der Waals surface area contributed by atoms with Crippen LogP contribution in [0.3, 0.4) is 0 Å². The zero-order valence-electron chi connectivity index (χ0n) is 18.8. The fourth-order valence-corrected chi connectivity index (χ4v) is 5.58. The third kappa shape index (κ3) is 3.29. The van der Waals surface area contributed by atoms with Crippen molar-refractivity contribution in [3.8, 4) is 11.5 Å². The fourth-order valence-electron chi connectivity index (χ4n) is 5.58. The molecule has 0 N–H and O–H groups in total. The number of imide groups is 1. The van der Waals surface area contributed by atoms with Gasteiger partial charge in [-0.3, -0.25) is 9.59 Å². The van der Waals surface area contributed by atoms with Gasteiger partial charge in [-0.05, 0) is 58.4 Å². The van der Waals surface area contributed by atoms with Crippen LogP contribution >= 0.6 is 0 Å². The Bertz CT molecular complexity index is 1330. The lowest BCUT2D eigenvalue weighted by atomic mass is 9.85. The molecule has 1 saturated heterocycles. The monoisotopic (exact) mass is 452 g/mol. The SMILES string of the molecule is COc1cc(/C=N/N2C(=O)C3C4C=CC(C4)C3C2=O)ccc1OCc1cccc2ccccc12. The van der Waals surface area contributed by atoms with Crippen LogP contribution < -0.4 is 9.47 Å². The van der Waals surface area contributed by atoms with E-state index >= 15 is 0 Å². The van der Waals surface area contributed by atoms with Crippen LogP contribution in [-0.4, -0.2) is 30.1 Å². The number of amides is 2. The quantitative estimate of drug-likeness (QED) is 0.312. The summed E-state index contributed by atoms with van der Waals surface area (Å²) in [5.74, 6) is 0.628. The van der Waals surface area contributed by atoms with E-state index in [0.717, 1.165) is 22.4 Å². The van der Waals surface area contributed by atoms with E-state index in [-0.39, 0.29) is 35.5 Å². The van der Waals surface area contributed by atoms with Gasteiger partial charge in [0.05, 0.1) is 25.2 Å². The summed E-state index contributed by atoms with van der Waals surface area (Å²) in [6.07, 6.45) is 6.59. The van der Waals surface area contributed by atoms with Gasteiger partial charge in [0, 0.05) is 0 Å². The lowest BCUT2D eigenvalue weighted by Crippen LogP contribution is -2.28. The molecule has 0 aromatic heterocycles. The van der Waals surface area contributed by atoms with Gasteiger partial charge in [0.1, 0.15) is 6.61 Å². The first-order chi connectivity index (χ1) is 16.6. The molecule has 2 bridgehead atoms. The zero-order valence-corrected chi connectivity index (χ0v) is 18.8. The number of methoxy groups -OCH3 is 1. The van der Waals surface area contributed by atoms with E-state index in [1.807, 2.05) is 30.3 Å². The van der Waals surface area contributed by atoms with E-state index in [0.29, 0.717) is 23.7 Å². The van der Waals surface area contributed by atoms with Gasteiger partial charge in [0.15, 0.2) is 11.5 Å². The van der Waals surface area contributed by atoms with Crippen molar-refractivity contribution in [3.05, 3.63) is 83.9 Å². The van der Waals surface area contributed by atoms with Crippen molar-refractivity contribution in [2.75, 3.05) is 7.11 Å². The van der Waals surface area contributed by atoms with Crippen LogP contribution in [0, 0.1) is 23.7 Å². The van der Waals surface area contributed by atoms with Gasteiger partial charge in [0.25, 0.3) is 11.8 Å². The average molecular weight is 453 g/mol. The maximum atomic E-state index is 12.8. The minimum atomic E-state index is -0.251. The van der Waals surface area contributed by atoms with Crippen molar-refractivity contribution in [3.63, 3.8) is 0 Å². The molecule has 1 aliphatic heterocycles. The van der Waals surface area contributed by atoms with Gasteiger partial charge in [0.2, 0.25) is 0 Å². The number of ether oxygens (including phenoxy) is 2. The first kappa shape index (κ1) is 20.7. The summed E-state index contributed by atoms with van der Waals surface area (Å²) < 4.78 is 11.6. The van der Waals surface area contributed by atoms with E-state index < -0.39 is 0 Å². The molecule has 4 atom stereocenters. The van der Waals surface area contributed by atoms with Gasteiger partial charge < -0.3 is 9.47 Å². The Morgan fingerprint density at radius 1 is 0.941 bits per heavy atom. The normalized spacial score (nSPS) is 25.0. The van der Waals surface area contributed by atoms with E-state index in [2.05, 4.69) is 41.5 Å². The van der Waals surface area contributed by atoms with Gasteiger partial charge in [-0.2, -0.15) is 10.1 Å². The third-order valence-electron chi connectivity index (χ3n) is 7.22. The van der Waals surface area contributed by atoms with Crippen LogP contribution in [-0.2, 0) is 16.2 Å². The highest BCUT2D eigenvalue weighted by Crippen LogP contribution is 2.52. The van der Waals surface area contributed by atoms with Crippen molar-refractivity contribution in [2.45, 2.75) is 13.0 Å². The minimum Gasteiger partial charge on any atom is -0.493 e. The standard InChI is InChI=1S/C28H24N2O4/c1-33-24-13-17(15-29-30-27(31)25-19-10-11-20(14-19)26(25)28(30)32)9-12-23(24)34-16-21-7-4-6-18-5-2-3-8-22(18)21/h2-13,15,19-20,25-26H,14,16H2,1H3/b29-15+. The number of rotatable bonds is 6. The zero-order chi connectivity index (χ0) is 23.2. The van der Waals surface area contributed by atoms with Gasteiger partial charge in [-0.15, -0.1) is 0 Å². The van der Waals surface area contributed by atoms with Gasteiger partial charge >= 0.3 is 0 Å². The van der Waals surface area contributed by atoms with Crippen molar-refractivity contribution in [2.24, 2.45) is 28.8 Å². The Morgan fingerprint density at radius 3 is 2.44 bits per heavy atom. The molecule has 6 heteroatoms. The molecule has 2 aliphatic carbocycles. The molecule has 2 fully saturated rings. The molecular formula is C28H24N2O4. The summed E-state index contributed by atoms with van der Waals surface area (Å²) in [6, 6.07) is 19.8. The van der Waals surface area contributed by atoms with Crippen LogP contribution in [0.15, 0.2) is 77.9 Å². The van der Waals surface area contributed by atoms with Crippen molar-refractivity contribution in [1.82, 2.24) is 5.01 Å². The van der Waals surface area contributed by atoms with Crippen LogP contribution in [0.4, 0.5) is 0 Å². The minimum absolute atomic E-state index is 0.171. The number of carbonyl (C=O) groups is 2. The molecule has 3 aromatic carbocycles. The molecule has 6 nitrogen and oxygen atoms in total. The summed E-state index contributed by atoms with van der Waals surface area (Å²) >= 11 is 0. The predicted octanol–water partition coefficient (Wildman–Crippen LogP) is 4.57. The molecule has 4 unspecified atom stereocenters. The molecule has 2 amide bonds. The molecule has 3 aromatic rings. The first-order valence-corrected chi connectivity index (χ1v) is 11.5. The van der Waals surface area contributed by atoms with Crippen LogP contribution in [0.2, 0.25) is 0 Å². The molecule has 34 heavy (non-hydrogen) atoms. The summed E-state index contributed by atoms with van der Waals surface area (Å²) in [7, 11) is 1.58. The first-order valence-electron chi connectivity index (χ1n) is 11.5. The number of nitrogens with zero attached hydrogens (tertiary/aromatic N) is 2. The second-order valence-electron chi connectivity index (χ2n) is 9.07. The number of hydrazone groups is 1. The Hall–Kier alpha value is -3.93. The van der Waals surface area contributed by atoms with Crippen LogP contribution in [0.1, 0.15) is 17.5 Å². The largest absolute Gasteiger partial charge is 0.493 e. The maximum absolute atomic E-state index is 12.8. The summed E-state index contributed by atoms with van der Waals surface area (Å²) in [5, 5.41) is 7.63. The second-order valence-corrected chi connectivity index (χ2v) is 9.07. The molecule has 0 spiro atoms. The number of fused-ring (bicyclic) bond motifs is 6.